The highest BCUT2D eigenvalue weighted by molar-refractivity contribution is 7.86. The van der Waals surface area contributed by atoms with Gasteiger partial charge in [0, 0.05) is 12.0 Å². The molecular formula is C13H16O6S. The molecule has 1 heterocycles. The van der Waals surface area contributed by atoms with E-state index in [1.54, 1.807) is 18.2 Å². The monoisotopic (exact) mass is 300 g/mol. The predicted molar refractivity (Wildman–Crippen MR) is 71.4 cm³/mol. The molecule has 6 nitrogen and oxygen atoms in total. The third kappa shape index (κ3) is 2.94. The maximum Gasteiger partial charge on any atom is 0.307 e. The minimum atomic E-state index is -4.29. The first-order chi connectivity index (χ1) is 9.09. The highest BCUT2D eigenvalue weighted by atomic mass is 32.2. The first kappa shape index (κ1) is 14.8. The van der Waals surface area contributed by atoms with Crippen molar-refractivity contribution in [2.75, 3.05) is 0 Å². The van der Waals surface area contributed by atoms with Crippen LogP contribution in [0.4, 0.5) is 0 Å². The topological polar surface area (TPSA) is 101 Å². The van der Waals surface area contributed by atoms with E-state index in [0.717, 1.165) is 5.56 Å². The molecule has 2 N–H and O–H groups in total. The van der Waals surface area contributed by atoms with Crippen molar-refractivity contribution in [3.05, 3.63) is 29.3 Å². The molecule has 1 aromatic rings. The van der Waals surface area contributed by atoms with Crippen molar-refractivity contribution in [2.24, 2.45) is 0 Å². The van der Waals surface area contributed by atoms with Crippen molar-refractivity contribution in [1.82, 2.24) is 0 Å². The fraction of sp³-hybridized carbons (Fsp3) is 0.462. The number of carbonyl (C=O) groups is 1. The zero-order valence-electron chi connectivity index (χ0n) is 11.2. The predicted octanol–water partition coefficient (Wildman–Crippen LogP) is 1.59. The van der Waals surface area contributed by atoms with E-state index in [-0.39, 0.29) is 12.8 Å². The summed E-state index contributed by atoms with van der Waals surface area (Å²) in [6.07, 6.45) is 0.000442. The first-order valence-corrected chi connectivity index (χ1v) is 7.58. The zero-order chi connectivity index (χ0) is 15.1. The summed E-state index contributed by atoms with van der Waals surface area (Å²) in [4.78, 5) is 10.7. The molecule has 0 saturated carbocycles. The van der Waals surface area contributed by atoms with E-state index in [2.05, 4.69) is 0 Å². The van der Waals surface area contributed by atoms with Gasteiger partial charge in [0.2, 0.25) is 5.44 Å². The van der Waals surface area contributed by atoms with Crippen LogP contribution in [0.1, 0.15) is 31.4 Å². The highest BCUT2D eigenvalue weighted by Crippen LogP contribution is 2.42. The normalized spacial score (nSPS) is 20.9. The minimum absolute atomic E-state index is 0.106. The van der Waals surface area contributed by atoms with E-state index in [0.29, 0.717) is 11.3 Å². The number of hydrogen-bond donors (Lipinski definition) is 2. The molecule has 1 unspecified atom stereocenters. The van der Waals surface area contributed by atoms with Gasteiger partial charge >= 0.3 is 16.1 Å². The number of rotatable bonds is 3. The maximum absolute atomic E-state index is 11.2. The van der Waals surface area contributed by atoms with Gasteiger partial charge in [-0.05, 0) is 17.0 Å². The van der Waals surface area contributed by atoms with E-state index >= 15 is 0 Å². The second kappa shape index (κ2) is 4.75. The smallest absolute Gasteiger partial charge is 0.307 e. The van der Waals surface area contributed by atoms with E-state index in [9.17, 15) is 13.2 Å². The molecule has 0 aliphatic carbocycles. The third-order valence-electron chi connectivity index (χ3n) is 3.40. The van der Waals surface area contributed by atoms with Crippen molar-refractivity contribution in [3.63, 3.8) is 0 Å². The van der Waals surface area contributed by atoms with Crippen molar-refractivity contribution in [2.45, 2.75) is 37.5 Å². The Morgan fingerprint density at radius 1 is 1.45 bits per heavy atom. The summed E-state index contributed by atoms with van der Waals surface area (Å²) in [5.74, 6) is -0.576. The molecule has 0 saturated heterocycles. The number of ether oxygens (including phenoxy) is 1. The Morgan fingerprint density at radius 3 is 2.65 bits per heavy atom. The Kier molecular flexibility index (Phi) is 3.51. The Morgan fingerprint density at radius 2 is 2.10 bits per heavy atom. The van der Waals surface area contributed by atoms with Gasteiger partial charge in [-0.1, -0.05) is 26.0 Å². The van der Waals surface area contributed by atoms with Crippen LogP contribution in [-0.2, 0) is 26.7 Å². The van der Waals surface area contributed by atoms with Crippen LogP contribution in [0.25, 0.3) is 0 Å². The maximum atomic E-state index is 11.2. The third-order valence-corrected chi connectivity index (χ3v) is 4.32. The molecule has 0 bridgehead atoms. The fourth-order valence-electron chi connectivity index (χ4n) is 2.37. The molecule has 0 amide bonds. The van der Waals surface area contributed by atoms with E-state index < -0.39 is 26.9 Å². The average molecular weight is 300 g/mol. The van der Waals surface area contributed by atoms with Crippen LogP contribution >= 0.6 is 0 Å². The van der Waals surface area contributed by atoms with Gasteiger partial charge in [-0.2, -0.15) is 8.42 Å². The molecular weight excluding hydrogens is 284 g/mol. The van der Waals surface area contributed by atoms with Crippen LogP contribution in [0.5, 0.6) is 5.75 Å². The molecule has 1 aliphatic heterocycles. The molecule has 0 radical (unpaired) electrons. The molecule has 20 heavy (non-hydrogen) atoms. The summed E-state index contributed by atoms with van der Waals surface area (Å²) in [7, 11) is -4.29. The number of benzene rings is 1. The fourth-order valence-corrected chi connectivity index (χ4v) is 3.22. The molecule has 1 aromatic carbocycles. The molecule has 0 fully saturated rings. The molecule has 0 aromatic heterocycles. The summed E-state index contributed by atoms with van der Waals surface area (Å²) in [5, 5.41) is 8.81. The van der Waals surface area contributed by atoms with Gasteiger partial charge in [0.25, 0.3) is 0 Å². The summed E-state index contributed by atoms with van der Waals surface area (Å²) in [5.41, 5.74) is -0.465. The number of carboxylic acid groups (broad SMARTS) is 1. The SMILES string of the molecule is CC1(C)CC(S(=O)(=O)O)Oc2ccc(CC(=O)O)cc21. The van der Waals surface area contributed by atoms with Crippen LogP contribution in [0.15, 0.2) is 18.2 Å². The second-order valence-electron chi connectivity index (χ2n) is 5.55. The lowest BCUT2D eigenvalue weighted by atomic mass is 9.79. The quantitative estimate of drug-likeness (QED) is 0.822. The molecule has 0 spiro atoms. The minimum Gasteiger partial charge on any atom is -0.481 e. The Bertz CT molecular complexity index is 647. The van der Waals surface area contributed by atoms with E-state index in [1.807, 2.05) is 13.8 Å². The van der Waals surface area contributed by atoms with Gasteiger partial charge < -0.3 is 9.84 Å². The number of hydrogen-bond acceptors (Lipinski definition) is 4. The van der Waals surface area contributed by atoms with Crippen LogP contribution < -0.4 is 4.74 Å². The summed E-state index contributed by atoms with van der Waals surface area (Å²) in [6, 6.07) is 4.84. The van der Waals surface area contributed by atoms with Crippen molar-refractivity contribution in [1.29, 1.82) is 0 Å². The van der Waals surface area contributed by atoms with Gasteiger partial charge in [-0.25, -0.2) is 0 Å². The summed E-state index contributed by atoms with van der Waals surface area (Å²) < 4.78 is 36.9. The summed E-state index contributed by atoms with van der Waals surface area (Å²) >= 11 is 0. The lowest BCUT2D eigenvalue weighted by Crippen LogP contribution is -2.39. The zero-order valence-corrected chi connectivity index (χ0v) is 12.0. The Hall–Kier alpha value is -1.60. The second-order valence-corrected chi connectivity index (χ2v) is 7.11. The summed E-state index contributed by atoms with van der Waals surface area (Å²) in [6.45, 7) is 3.66. The largest absolute Gasteiger partial charge is 0.481 e. The van der Waals surface area contributed by atoms with Crippen LogP contribution in [-0.4, -0.2) is 29.5 Å². The van der Waals surface area contributed by atoms with Gasteiger partial charge in [0.15, 0.2) is 0 Å². The lowest BCUT2D eigenvalue weighted by molar-refractivity contribution is -0.136. The highest BCUT2D eigenvalue weighted by Gasteiger charge is 2.40. The lowest BCUT2D eigenvalue weighted by Gasteiger charge is -2.36. The Labute approximate surface area is 117 Å². The molecule has 1 aliphatic rings. The first-order valence-electron chi connectivity index (χ1n) is 6.08. The van der Waals surface area contributed by atoms with Crippen molar-refractivity contribution >= 4 is 16.1 Å². The van der Waals surface area contributed by atoms with Gasteiger partial charge in [-0.3, -0.25) is 9.35 Å². The van der Waals surface area contributed by atoms with Crippen LogP contribution in [0, 0.1) is 0 Å². The number of fused-ring (bicyclic) bond motifs is 1. The molecule has 2 rings (SSSR count). The van der Waals surface area contributed by atoms with Crippen LogP contribution in [0.3, 0.4) is 0 Å². The average Bonchev–Trinajstić information content (AvgIpc) is 2.27. The molecule has 1 atom stereocenters. The standard InChI is InChI=1S/C13H16O6S/c1-13(2)7-12(20(16,17)18)19-10-4-3-8(5-9(10)13)6-11(14)15/h3-5,12H,6-7H2,1-2H3,(H,14,15)(H,16,17,18). The van der Waals surface area contributed by atoms with E-state index in [1.165, 1.54) is 0 Å². The van der Waals surface area contributed by atoms with Crippen LogP contribution in [0.2, 0.25) is 0 Å². The van der Waals surface area contributed by atoms with E-state index in [4.69, 9.17) is 14.4 Å². The van der Waals surface area contributed by atoms with Crippen molar-refractivity contribution < 1.29 is 27.6 Å². The van der Waals surface area contributed by atoms with Crippen molar-refractivity contribution in [3.8, 4) is 5.75 Å². The van der Waals surface area contributed by atoms with Gasteiger partial charge in [0.1, 0.15) is 5.75 Å². The molecule has 110 valence electrons. The molecule has 7 heteroatoms. The number of carboxylic acids is 1. The Balaban J connectivity index is 2.43. The van der Waals surface area contributed by atoms with Gasteiger partial charge in [-0.15, -0.1) is 0 Å². The van der Waals surface area contributed by atoms with Gasteiger partial charge in [0.05, 0.1) is 6.42 Å². The number of aliphatic carboxylic acids is 1.